The van der Waals surface area contributed by atoms with Crippen LogP contribution in [-0.2, 0) is 16.4 Å². The average molecular weight is 553 g/mol. The lowest BCUT2D eigenvalue weighted by Crippen LogP contribution is -2.48. The summed E-state index contributed by atoms with van der Waals surface area (Å²) in [4.78, 5) is 9.51. The highest BCUT2D eigenvalue weighted by Gasteiger charge is 2.21. The number of benzene rings is 2. The van der Waals surface area contributed by atoms with Crippen molar-refractivity contribution in [3.63, 3.8) is 0 Å². The second kappa shape index (κ2) is 10.9. The summed E-state index contributed by atoms with van der Waals surface area (Å²) in [5.41, 5.74) is 1.12. The number of nitrogens with one attached hydrogen (secondary N) is 1. The van der Waals surface area contributed by atoms with Gasteiger partial charge in [-0.3, -0.25) is 4.90 Å². The van der Waals surface area contributed by atoms with Gasteiger partial charge in [-0.05, 0) is 42.0 Å². The fourth-order valence-corrected chi connectivity index (χ4v) is 5.63. The third kappa shape index (κ3) is 6.51. The lowest BCUT2D eigenvalue weighted by molar-refractivity contribution is 0.262. The van der Waals surface area contributed by atoms with Gasteiger partial charge < -0.3 is 9.64 Å². The van der Waals surface area contributed by atoms with Crippen LogP contribution in [0.5, 0.6) is 5.75 Å². The van der Waals surface area contributed by atoms with E-state index in [0.717, 1.165) is 52.9 Å². The zero-order valence-corrected chi connectivity index (χ0v) is 21.5. The predicted molar refractivity (Wildman–Crippen MR) is 134 cm³/mol. The van der Waals surface area contributed by atoms with Crippen LogP contribution in [0, 0.1) is 0 Å². The minimum absolute atomic E-state index is 0.275. The first-order valence-corrected chi connectivity index (χ1v) is 13.7. The molecule has 0 saturated carbocycles. The van der Waals surface area contributed by atoms with Gasteiger partial charge in [0.1, 0.15) is 11.6 Å². The lowest BCUT2D eigenvalue weighted by Gasteiger charge is -2.34. The Morgan fingerprint density at radius 3 is 2.61 bits per heavy atom. The summed E-state index contributed by atoms with van der Waals surface area (Å²) < 4.78 is 38.2. The lowest BCUT2D eigenvalue weighted by atomic mass is 10.1. The Morgan fingerprint density at radius 2 is 1.88 bits per heavy atom. The van der Waals surface area contributed by atoms with Crippen LogP contribution in [-0.4, -0.2) is 69.1 Å². The molecule has 11 heteroatoms. The Morgan fingerprint density at radius 1 is 1.12 bits per heavy atom. The topological polar surface area (TPSA) is 87.7 Å². The van der Waals surface area contributed by atoms with Gasteiger partial charge in [0.25, 0.3) is 0 Å². The standard InChI is InChI=1S/C22H26BrN5O3S2/c1-31-19-4-2-3-17(15-19)16-21-25-22(32-26-21)28-13-11-27(12-14-28)10-9-24-33(29,30)20-7-5-18(23)6-8-20/h2-8,15,24H,9-14,16H2,1H3. The van der Waals surface area contributed by atoms with E-state index in [1.807, 2.05) is 24.3 Å². The number of hydrogen-bond acceptors (Lipinski definition) is 8. The van der Waals surface area contributed by atoms with Crippen molar-refractivity contribution in [1.29, 1.82) is 0 Å². The van der Waals surface area contributed by atoms with E-state index >= 15 is 0 Å². The van der Waals surface area contributed by atoms with E-state index in [0.29, 0.717) is 19.5 Å². The molecule has 1 aromatic heterocycles. The third-order valence-electron chi connectivity index (χ3n) is 5.44. The van der Waals surface area contributed by atoms with Crippen molar-refractivity contribution in [3.05, 3.63) is 64.4 Å². The number of rotatable bonds is 9. The van der Waals surface area contributed by atoms with E-state index in [1.54, 1.807) is 31.4 Å². The third-order valence-corrected chi connectivity index (χ3v) is 8.26. The molecule has 33 heavy (non-hydrogen) atoms. The van der Waals surface area contributed by atoms with E-state index < -0.39 is 10.0 Å². The Labute approximate surface area is 206 Å². The number of nitrogens with zero attached hydrogens (tertiary/aromatic N) is 4. The quantitative estimate of drug-likeness (QED) is 0.437. The monoisotopic (exact) mass is 551 g/mol. The smallest absolute Gasteiger partial charge is 0.240 e. The Balaban J connectivity index is 1.23. The van der Waals surface area contributed by atoms with E-state index in [9.17, 15) is 8.42 Å². The normalized spacial score (nSPS) is 15.0. The zero-order chi connectivity index (χ0) is 23.3. The van der Waals surface area contributed by atoms with Crippen molar-refractivity contribution >= 4 is 42.6 Å². The molecule has 0 unspecified atom stereocenters. The van der Waals surface area contributed by atoms with E-state index in [2.05, 4.69) is 34.8 Å². The summed E-state index contributed by atoms with van der Waals surface area (Å²) in [6, 6.07) is 14.6. The number of ether oxygens (including phenoxy) is 1. The number of aromatic nitrogens is 2. The van der Waals surface area contributed by atoms with Crippen molar-refractivity contribution in [3.8, 4) is 5.75 Å². The van der Waals surface area contributed by atoms with Crippen LogP contribution in [0.3, 0.4) is 0 Å². The summed E-state index contributed by atoms with van der Waals surface area (Å²) in [5, 5.41) is 0.934. The van der Waals surface area contributed by atoms with Crippen LogP contribution in [0.4, 0.5) is 5.13 Å². The fourth-order valence-electron chi connectivity index (χ4n) is 3.61. The van der Waals surface area contributed by atoms with E-state index in [4.69, 9.17) is 9.72 Å². The molecular formula is C22H26BrN5O3S2. The number of piperazine rings is 1. The molecule has 3 aromatic rings. The fraction of sp³-hybridized carbons (Fsp3) is 0.364. The van der Waals surface area contributed by atoms with Gasteiger partial charge in [0.15, 0.2) is 0 Å². The average Bonchev–Trinajstić information content (AvgIpc) is 3.28. The van der Waals surface area contributed by atoms with Crippen LogP contribution in [0.1, 0.15) is 11.4 Å². The van der Waals surface area contributed by atoms with Crippen molar-refractivity contribution < 1.29 is 13.2 Å². The Hall–Kier alpha value is -2.05. The molecule has 2 heterocycles. The maximum atomic E-state index is 12.4. The van der Waals surface area contributed by atoms with Crippen LogP contribution < -0.4 is 14.4 Å². The number of anilines is 1. The molecule has 0 spiro atoms. The summed E-state index contributed by atoms with van der Waals surface area (Å²) in [6.07, 6.45) is 0.673. The molecule has 0 aliphatic carbocycles. The van der Waals surface area contributed by atoms with Crippen LogP contribution in [0.15, 0.2) is 57.9 Å². The zero-order valence-electron chi connectivity index (χ0n) is 18.3. The highest BCUT2D eigenvalue weighted by Crippen LogP contribution is 2.22. The Bertz CT molecular complexity index is 1160. The molecule has 1 fully saturated rings. The first-order chi connectivity index (χ1) is 15.9. The molecule has 1 aliphatic heterocycles. The van der Waals surface area contributed by atoms with Crippen LogP contribution in [0.25, 0.3) is 0 Å². The SMILES string of the molecule is COc1cccc(Cc2nsc(N3CCN(CCNS(=O)(=O)c4ccc(Br)cc4)CC3)n2)c1. The van der Waals surface area contributed by atoms with Gasteiger partial charge >= 0.3 is 0 Å². The minimum atomic E-state index is -3.49. The summed E-state index contributed by atoms with van der Waals surface area (Å²) in [7, 11) is -1.83. The predicted octanol–water partition coefficient (Wildman–Crippen LogP) is 3.00. The van der Waals surface area contributed by atoms with Crippen molar-refractivity contribution in [2.75, 3.05) is 51.3 Å². The van der Waals surface area contributed by atoms with Crippen molar-refractivity contribution in [2.24, 2.45) is 0 Å². The number of sulfonamides is 1. The van der Waals surface area contributed by atoms with Gasteiger partial charge in [0.2, 0.25) is 15.2 Å². The molecule has 1 saturated heterocycles. The van der Waals surface area contributed by atoms with Gasteiger partial charge in [0, 0.05) is 61.7 Å². The van der Waals surface area contributed by atoms with Crippen molar-refractivity contribution in [1.82, 2.24) is 19.0 Å². The minimum Gasteiger partial charge on any atom is -0.497 e. The van der Waals surface area contributed by atoms with Crippen molar-refractivity contribution in [2.45, 2.75) is 11.3 Å². The molecule has 0 radical (unpaired) electrons. The molecule has 176 valence electrons. The first kappa shape index (κ1) is 24.1. The molecule has 1 N–H and O–H groups in total. The maximum absolute atomic E-state index is 12.4. The first-order valence-electron chi connectivity index (χ1n) is 10.6. The number of halogens is 1. The second-order valence-electron chi connectivity index (χ2n) is 7.70. The van der Waals surface area contributed by atoms with Gasteiger partial charge in [0.05, 0.1) is 12.0 Å². The van der Waals surface area contributed by atoms with E-state index in [1.165, 1.54) is 11.5 Å². The van der Waals surface area contributed by atoms with E-state index in [-0.39, 0.29) is 4.90 Å². The number of hydrogen-bond donors (Lipinski definition) is 1. The molecule has 0 amide bonds. The number of methoxy groups -OCH3 is 1. The summed E-state index contributed by atoms with van der Waals surface area (Å²) >= 11 is 4.75. The maximum Gasteiger partial charge on any atom is 0.240 e. The largest absolute Gasteiger partial charge is 0.497 e. The molecule has 4 rings (SSSR count). The highest BCUT2D eigenvalue weighted by atomic mass is 79.9. The van der Waals surface area contributed by atoms with Gasteiger partial charge in [-0.15, -0.1) is 0 Å². The summed E-state index contributed by atoms with van der Waals surface area (Å²) in [5.74, 6) is 1.64. The van der Waals surface area contributed by atoms with Gasteiger partial charge in [-0.1, -0.05) is 28.1 Å². The van der Waals surface area contributed by atoms with Crippen LogP contribution >= 0.6 is 27.5 Å². The van der Waals surface area contributed by atoms with Gasteiger partial charge in [-0.25, -0.2) is 18.1 Å². The van der Waals surface area contributed by atoms with Crippen LogP contribution in [0.2, 0.25) is 0 Å². The molecule has 1 aliphatic rings. The molecular weight excluding hydrogens is 526 g/mol. The molecule has 0 atom stereocenters. The van der Waals surface area contributed by atoms with Gasteiger partial charge in [-0.2, -0.15) is 4.37 Å². The highest BCUT2D eigenvalue weighted by molar-refractivity contribution is 9.10. The Kier molecular flexibility index (Phi) is 7.97. The molecule has 0 bridgehead atoms. The second-order valence-corrected chi connectivity index (χ2v) is 11.1. The summed E-state index contributed by atoms with van der Waals surface area (Å²) in [6.45, 7) is 4.43. The molecule has 8 nitrogen and oxygen atoms in total. The molecule has 2 aromatic carbocycles.